The van der Waals surface area contributed by atoms with Crippen molar-refractivity contribution in [2.45, 2.75) is 11.4 Å². The second-order valence-electron chi connectivity index (χ2n) is 3.81. The normalized spacial score (nSPS) is 11.6. The highest BCUT2D eigenvalue weighted by atomic mass is 35.5. The van der Waals surface area contributed by atoms with Gasteiger partial charge in [0.05, 0.1) is 4.90 Å². The highest BCUT2D eigenvalue weighted by Gasteiger charge is 2.20. The minimum absolute atomic E-state index is 0.134. The highest BCUT2D eigenvalue weighted by Crippen LogP contribution is 2.18. The average molecular weight is 291 g/mol. The number of amides is 1. The van der Waals surface area contributed by atoms with Crippen molar-refractivity contribution in [1.29, 1.82) is 0 Å². The molecule has 0 aliphatic heterocycles. The minimum Gasteiger partial charge on any atom is -0.351 e. The van der Waals surface area contributed by atoms with Crippen molar-refractivity contribution in [3.05, 3.63) is 29.8 Å². The number of rotatable bonds is 5. The smallest absolute Gasteiger partial charge is 0.242 e. The maximum atomic E-state index is 12.1. The van der Waals surface area contributed by atoms with Crippen LogP contribution >= 0.6 is 11.6 Å². The second-order valence-corrected chi connectivity index (χ2v) is 6.19. The summed E-state index contributed by atoms with van der Waals surface area (Å²) in [5, 5.41) is 2.55. The maximum Gasteiger partial charge on any atom is 0.242 e. The fraction of sp³-hybridized carbons (Fsp3) is 0.364. The molecule has 0 atom stereocenters. The fourth-order valence-electron chi connectivity index (χ4n) is 1.34. The molecule has 1 amide bonds. The quantitative estimate of drug-likeness (QED) is 0.816. The lowest BCUT2D eigenvalue weighted by atomic mass is 10.2. The SMILES string of the molecule is CN(C)S(=O)(=O)c1ccccc1CNC(=O)CCl. The summed E-state index contributed by atoms with van der Waals surface area (Å²) in [4.78, 5) is 11.3. The van der Waals surface area contributed by atoms with Crippen molar-refractivity contribution in [2.24, 2.45) is 0 Å². The van der Waals surface area contributed by atoms with Gasteiger partial charge in [-0.25, -0.2) is 12.7 Å². The molecule has 100 valence electrons. The third-order valence-corrected chi connectivity index (χ3v) is 4.49. The maximum absolute atomic E-state index is 12.1. The van der Waals surface area contributed by atoms with Crippen molar-refractivity contribution in [3.63, 3.8) is 0 Å². The van der Waals surface area contributed by atoms with Crippen molar-refractivity contribution < 1.29 is 13.2 Å². The van der Waals surface area contributed by atoms with Gasteiger partial charge in [0.15, 0.2) is 0 Å². The molecule has 0 radical (unpaired) electrons. The summed E-state index contributed by atoms with van der Waals surface area (Å²) in [6, 6.07) is 6.53. The van der Waals surface area contributed by atoms with Gasteiger partial charge < -0.3 is 5.32 Å². The van der Waals surface area contributed by atoms with Crippen LogP contribution in [0.1, 0.15) is 5.56 Å². The van der Waals surface area contributed by atoms with E-state index in [1.807, 2.05) is 0 Å². The fourth-order valence-corrected chi connectivity index (χ4v) is 2.55. The third-order valence-electron chi connectivity index (χ3n) is 2.33. The molecule has 0 aliphatic rings. The van der Waals surface area contributed by atoms with Gasteiger partial charge in [-0.05, 0) is 11.6 Å². The van der Waals surface area contributed by atoms with Crippen molar-refractivity contribution in [1.82, 2.24) is 9.62 Å². The second kappa shape index (κ2) is 6.17. The van der Waals surface area contributed by atoms with E-state index < -0.39 is 10.0 Å². The Hall–Kier alpha value is -1.11. The van der Waals surface area contributed by atoms with E-state index in [2.05, 4.69) is 5.32 Å². The van der Waals surface area contributed by atoms with Gasteiger partial charge in [0.2, 0.25) is 15.9 Å². The van der Waals surface area contributed by atoms with Crippen LogP contribution in [0, 0.1) is 0 Å². The first-order valence-electron chi connectivity index (χ1n) is 5.22. The summed E-state index contributed by atoms with van der Waals surface area (Å²) >= 11 is 5.36. The van der Waals surface area contributed by atoms with E-state index >= 15 is 0 Å². The molecule has 7 heteroatoms. The van der Waals surface area contributed by atoms with Crippen LogP contribution in [0.15, 0.2) is 29.2 Å². The number of hydrogen-bond donors (Lipinski definition) is 1. The van der Waals surface area contributed by atoms with Crippen LogP contribution in [-0.2, 0) is 21.4 Å². The van der Waals surface area contributed by atoms with Crippen molar-refractivity contribution in [3.8, 4) is 0 Å². The molecular formula is C11H15ClN2O3S. The lowest BCUT2D eigenvalue weighted by molar-refractivity contribution is -0.118. The molecule has 0 fully saturated rings. The van der Waals surface area contributed by atoms with E-state index in [0.717, 1.165) is 4.31 Å². The van der Waals surface area contributed by atoms with E-state index in [-0.39, 0.29) is 23.2 Å². The number of alkyl halides is 1. The van der Waals surface area contributed by atoms with Crippen molar-refractivity contribution >= 4 is 27.5 Å². The highest BCUT2D eigenvalue weighted by molar-refractivity contribution is 7.89. The standard InChI is InChI=1S/C11H15ClN2O3S/c1-14(2)18(16,17)10-6-4-3-5-9(10)8-13-11(15)7-12/h3-6H,7-8H2,1-2H3,(H,13,15). The third kappa shape index (κ3) is 3.44. The molecule has 18 heavy (non-hydrogen) atoms. The molecule has 0 bridgehead atoms. The number of nitrogens with one attached hydrogen (secondary N) is 1. The van der Waals surface area contributed by atoms with Gasteiger partial charge in [-0.15, -0.1) is 11.6 Å². The molecule has 1 rings (SSSR count). The minimum atomic E-state index is -3.51. The summed E-state index contributed by atoms with van der Waals surface area (Å²) in [5.74, 6) is -0.489. The monoisotopic (exact) mass is 290 g/mol. The molecule has 0 aromatic heterocycles. The van der Waals surface area contributed by atoms with E-state index in [4.69, 9.17) is 11.6 Å². The Morgan fingerprint density at radius 3 is 2.50 bits per heavy atom. The Balaban J connectivity index is 3.04. The van der Waals surface area contributed by atoms with Crippen LogP contribution in [0.25, 0.3) is 0 Å². The molecular weight excluding hydrogens is 276 g/mol. The van der Waals surface area contributed by atoms with Crippen molar-refractivity contribution in [2.75, 3.05) is 20.0 Å². The average Bonchev–Trinajstić information content (AvgIpc) is 2.35. The Morgan fingerprint density at radius 2 is 1.94 bits per heavy atom. The summed E-state index contributed by atoms with van der Waals surface area (Å²) in [6.45, 7) is 0.134. The summed E-state index contributed by atoms with van der Waals surface area (Å²) in [6.07, 6.45) is 0. The summed E-state index contributed by atoms with van der Waals surface area (Å²) in [5.41, 5.74) is 0.532. The molecule has 5 nitrogen and oxygen atoms in total. The number of carbonyl (C=O) groups excluding carboxylic acids is 1. The summed E-state index contributed by atoms with van der Waals surface area (Å²) in [7, 11) is -0.590. The zero-order chi connectivity index (χ0) is 13.8. The molecule has 0 unspecified atom stereocenters. The number of halogens is 1. The number of carbonyl (C=O) groups is 1. The zero-order valence-electron chi connectivity index (χ0n) is 10.2. The van der Waals surface area contributed by atoms with Gasteiger partial charge in [-0.2, -0.15) is 0 Å². The van der Waals surface area contributed by atoms with Crippen LogP contribution in [0.2, 0.25) is 0 Å². The number of sulfonamides is 1. The van der Waals surface area contributed by atoms with E-state index in [0.29, 0.717) is 5.56 Å². The largest absolute Gasteiger partial charge is 0.351 e. The van der Waals surface area contributed by atoms with E-state index in [1.165, 1.54) is 20.2 Å². The Labute approximate surface area is 112 Å². The first kappa shape index (κ1) is 14.9. The van der Waals surface area contributed by atoms with Gasteiger partial charge in [-0.1, -0.05) is 18.2 Å². The van der Waals surface area contributed by atoms with Gasteiger partial charge >= 0.3 is 0 Å². The lowest BCUT2D eigenvalue weighted by Gasteiger charge is -2.15. The first-order valence-corrected chi connectivity index (χ1v) is 7.20. The van der Waals surface area contributed by atoms with Gasteiger partial charge in [0.25, 0.3) is 0 Å². The molecule has 0 saturated carbocycles. The molecule has 0 aliphatic carbocycles. The van der Waals surface area contributed by atoms with Crippen LogP contribution in [-0.4, -0.2) is 38.6 Å². The van der Waals surface area contributed by atoms with Gasteiger partial charge in [0, 0.05) is 20.6 Å². The van der Waals surface area contributed by atoms with Gasteiger partial charge in [0.1, 0.15) is 5.88 Å². The molecule has 1 aromatic rings. The van der Waals surface area contributed by atoms with Crippen LogP contribution in [0.3, 0.4) is 0 Å². The molecule has 1 aromatic carbocycles. The first-order chi connectivity index (χ1) is 8.39. The van der Waals surface area contributed by atoms with Crippen LogP contribution < -0.4 is 5.32 Å². The van der Waals surface area contributed by atoms with Crippen LogP contribution in [0.5, 0.6) is 0 Å². The lowest BCUT2D eigenvalue weighted by Crippen LogP contribution is -2.27. The number of benzene rings is 1. The molecule has 0 saturated heterocycles. The number of hydrogen-bond acceptors (Lipinski definition) is 3. The predicted molar refractivity (Wildman–Crippen MR) is 69.9 cm³/mol. The Morgan fingerprint density at radius 1 is 1.33 bits per heavy atom. The van der Waals surface area contributed by atoms with E-state index in [1.54, 1.807) is 18.2 Å². The van der Waals surface area contributed by atoms with Crippen LogP contribution in [0.4, 0.5) is 0 Å². The predicted octanol–water partition coefficient (Wildman–Crippen LogP) is 0.792. The Kier molecular flexibility index (Phi) is 5.13. The summed E-state index contributed by atoms with van der Waals surface area (Å²) < 4.78 is 25.2. The molecule has 0 heterocycles. The topological polar surface area (TPSA) is 66.5 Å². The molecule has 1 N–H and O–H groups in total. The zero-order valence-corrected chi connectivity index (χ0v) is 11.8. The van der Waals surface area contributed by atoms with Gasteiger partial charge in [-0.3, -0.25) is 4.79 Å². The Bertz CT molecular complexity index is 529. The van der Waals surface area contributed by atoms with E-state index in [9.17, 15) is 13.2 Å². The molecule has 0 spiro atoms. The number of nitrogens with zero attached hydrogens (tertiary/aromatic N) is 1.